The number of piperidine rings is 1. The van der Waals surface area contributed by atoms with Gasteiger partial charge in [-0.1, -0.05) is 17.7 Å². The van der Waals surface area contributed by atoms with Gasteiger partial charge in [0.1, 0.15) is 0 Å². The highest BCUT2D eigenvalue weighted by molar-refractivity contribution is 6.32. The fourth-order valence-corrected chi connectivity index (χ4v) is 5.49. The van der Waals surface area contributed by atoms with E-state index in [1.165, 1.54) is 5.56 Å². The summed E-state index contributed by atoms with van der Waals surface area (Å²) in [6, 6.07) is 11.8. The molecule has 4 heterocycles. The fraction of sp³-hybridized carbons (Fsp3) is 0.423. The number of anilines is 2. The lowest BCUT2D eigenvalue weighted by atomic mass is 10.0. The molecule has 0 amide bonds. The predicted molar refractivity (Wildman–Crippen MR) is 133 cm³/mol. The average molecular weight is 482 g/mol. The number of rotatable bonds is 5. The van der Waals surface area contributed by atoms with Gasteiger partial charge in [0.05, 0.1) is 11.4 Å². The first-order valence-corrected chi connectivity index (χ1v) is 12.4. The summed E-state index contributed by atoms with van der Waals surface area (Å²) >= 11 is 6.49. The zero-order chi connectivity index (χ0) is 23.1. The van der Waals surface area contributed by atoms with Crippen LogP contribution in [0.15, 0.2) is 45.6 Å². The lowest BCUT2D eigenvalue weighted by Crippen LogP contribution is -2.38. The molecule has 1 N–H and O–H groups in total. The van der Waals surface area contributed by atoms with Crippen molar-refractivity contribution in [3.05, 3.63) is 57.4 Å². The van der Waals surface area contributed by atoms with Crippen LogP contribution in [-0.4, -0.2) is 43.9 Å². The van der Waals surface area contributed by atoms with Crippen molar-refractivity contribution < 1.29 is 13.9 Å². The maximum atomic E-state index is 12.4. The normalized spacial score (nSPS) is 18.7. The third kappa shape index (κ3) is 4.30. The molecule has 178 valence electrons. The van der Waals surface area contributed by atoms with Gasteiger partial charge >= 0.3 is 5.63 Å². The van der Waals surface area contributed by atoms with Crippen molar-refractivity contribution in [2.45, 2.75) is 38.3 Å². The Morgan fingerprint density at radius 3 is 2.59 bits per heavy atom. The Balaban J connectivity index is 1.17. The van der Waals surface area contributed by atoms with Crippen molar-refractivity contribution in [3.63, 3.8) is 0 Å². The third-order valence-corrected chi connectivity index (χ3v) is 7.24. The minimum Gasteiger partial charge on any atom is -0.454 e. The maximum absolute atomic E-state index is 12.4. The molecule has 2 saturated heterocycles. The Kier molecular flexibility index (Phi) is 5.75. The van der Waals surface area contributed by atoms with Gasteiger partial charge in [0.25, 0.3) is 0 Å². The largest absolute Gasteiger partial charge is 0.454 e. The van der Waals surface area contributed by atoms with Gasteiger partial charge in [0.2, 0.25) is 6.79 Å². The fourth-order valence-electron chi connectivity index (χ4n) is 5.28. The van der Waals surface area contributed by atoms with E-state index in [2.05, 4.69) is 27.2 Å². The summed E-state index contributed by atoms with van der Waals surface area (Å²) in [5.74, 6) is 1.65. The monoisotopic (exact) mass is 481 g/mol. The Morgan fingerprint density at radius 2 is 1.76 bits per heavy atom. The predicted octanol–water partition coefficient (Wildman–Crippen LogP) is 4.85. The summed E-state index contributed by atoms with van der Waals surface area (Å²) in [6.45, 7) is 5.05. The van der Waals surface area contributed by atoms with Crippen LogP contribution in [0.4, 0.5) is 11.4 Å². The van der Waals surface area contributed by atoms with Crippen molar-refractivity contribution in [2.75, 3.05) is 43.2 Å². The van der Waals surface area contributed by atoms with Crippen LogP contribution in [0.1, 0.15) is 31.2 Å². The smallest absolute Gasteiger partial charge is 0.338 e. The summed E-state index contributed by atoms with van der Waals surface area (Å²) < 4.78 is 16.6. The second kappa shape index (κ2) is 9.04. The number of benzene rings is 2. The summed E-state index contributed by atoms with van der Waals surface area (Å²) in [6.07, 6.45) is 4.26. The molecule has 3 aromatic rings. The van der Waals surface area contributed by atoms with Gasteiger partial charge in [-0.3, -0.25) is 4.90 Å². The Hall–Kier alpha value is -2.90. The third-order valence-electron chi connectivity index (χ3n) is 7.03. The topological polar surface area (TPSA) is 67.2 Å². The van der Waals surface area contributed by atoms with Crippen molar-refractivity contribution in [1.29, 1.82) is 0 Å². The van der Waals surface area contributed by atoms with Gasteiger partial charge < -0.3 is 24.1 Å². The SMILES string of the molecule is O=c1cc(NC2CCN(Cc3ccc4c(c3)OCO4)CC2)c2cc(Cl)cc(N3CCCC3)c2o1. The number of hydrogen-bond acceptors (Lipinski definition) is 7. The zero-order valence-corrected chi connectivity index (χ0v) is 19.8. The Morgan fingerprint density at radius 1 is 0.971 bits per heavy atom. The van der Waals surface area contributed by atoms with E-state index in [0.29, 0.717) is 17.4 Å². The lowest BCUT2D eigenvalue weighted by molar-refractivity contribution is 0.173. The number of nitrogens with one attached hydrogen (secondary N) is 1. The molecule has 2 fully saturated rings. The number of nitrogens with zero attached hydrogens (tertiary/aromatic N) is 2. The van der Waals surface area contributed by atoms with Crippen molar-refractivity contribution in [2.24, 2.45) is 0 Å². The molecule has 7 nitrogen and oxygen atoms in total. The molecule has 2 aromatic carbocycles. The van der Waals surface area contributed by atoms with Crippen LogP contribution in [-0.2, 0) is 6.54 Å². The van der Waals surface area contributed by atoms with E-state index in [4.69, 9.17) is 25.5 Å². The quantitative estimate of drug-likeness (QED) is 0.522. The second-order valence-corrected chi connectivity index (χ2v) is 9.79. The molecule has 6 rings (SSSR count). The molecule has 0 aliphatic carbocycles. The van der Waals surface area contributed by atoms with Crippen LogP contribution >= 0.6 is 11.6 Å². The summed E-state index contributed by atoms with van der Waals surface area (Å²) in [4.78, 5) is 17.2. The van der Waals surface area contributed by atoms with Crippen molar-refractivity contribution >= 4 is 33.9 Å². The zero-order valence-electron chi connectivity index (χ0n) is 19.0. The van der Waals surface area contributed by atoms with Crippen LogP contribution in [0, 0.1) is 0 Å². The maximum Gasteiger partial charge on any atom is 0.338 e. The van der Waals surface area contributed by atoms with Gasteiger partial charge in [-0.15, -0.1) is 0 Å². The van der Waals surface area contributed by atoms with Gasteiger partial charge in [-0.05, 0) is 55.5 Å². The van der Waals surface area contributed by atoms with Crippen LogP contribution in [0.25, 0.3) is 11.0 Å². The number of fused-ring (bicyclic) bond motifs is 2. The number of halogens is 1. The Labute approximate surface area is 203 Å². The van der Waals surface area contributed by atoms with Crippen LogP contribution in [0.5, 0.6) is 11.5 Å². The van der Waals surface area contributed by atoms with Crippen LogP contribution in [0.2, 0.25) is 5.02 Å². The lowest BCUT2D eigenvalue weighted by Gasteiger charge is -2.33. The van der Waals surface area contributed by atoms with Gasteiger partial charge in [-0.25, -0.2) is 4.79 Å². The highest BCUT2D eigenvalue weighted by Crippen LogP contribution is 2.36. The molecule has 3 aliphatic rings. The first-order chi connectivity index (χ1) is 16.6. The average Bonchev–Trinajstić information content (AvgIpc) is 3.52. The highest BCUT2D eigenvalue weighted by atomic mass is 35.5. The molecule has 1 aromatic heterocycles. The molecule has 0 saturated carbocycles. The second-order valence-electron chi connectivity index (χ2n) is 9.36. The molecule has 3 aliphatic heterocycles. The summed E-state index contributed by atoms with van der Waals surface area (Å²) in [5.41, 5.74) is 3.24. The van der Waals surface area contributed by atoms with E-state index in [9.17, 15) is 4.79 Å². The Bertz CT molecular complexity index is 1260. The van der Waals surface area contributed by atoms with E-state index in [0.717, 1.165) is 86.7 Å². The molecule has 0 unspecified atom stereocenters. The minimum atomic E-state index is -0.335. The summed E-state index contributed by atoms with van der Waals surface area (Å²) in [7, 11) is 0. The van der Waals surface area contributed by atoms with Crippen LogP contribution < -0.4 is 25.3 Å². The molecule has 34 heavy (non-hydrogen) atoms. The first kappa shape index (κ1) is 21.6. The number of ether oxygens (including phenoxy) is 2. The summed E-state index contributed by atoms with van der Waals surface area (Å²) in [5, 5.41) is 5.16. The van der Waals surface area contributed by atoms with Crippen LogP contribution in [0.3, 0.4) is 0 Å². The van der Waals surface area contributed by atoms with E-state index in [-0.39, 0.29) is 11.7 Å². The molecule has 0 bridgehead atoms. The molecule has 8 heteroatoms. The van der Waals surface area contributed by atoms with Crippen molar-refractivity contribution in [3.8, 4) is 11.5 Å². The van der Waals surface area contributed by atoms with E-state index in [1.807, 2.05) is 18.2 Å². The number of likely N-dealkylation sites (tertiary alicyclic amines) is 1. The minimum absolute atomic E-state index is 0.284. The number of hydrogen-bond donors (Lipinski definition) is 1. The van der Waals surface area contributed by atoms with Crippen molar-refractivity contribution in [1.82, 2.24) is 4.90 Å². The van der Waals surface area contributed by atoms with E-state index >= 15 is 0 Å². The van der Waals surface area contributed by atoms with E-state index < -0.39 is 0 Å². The molecule has 0 radical (unpaired) electrons. The van der Waals surface area contributed by atoms with Gasteiger partial charge in [0.15, 0.2) is 17.1 Å². The standard InChI is InChI=1S/C26H28ClN3O4/c27-18-12-20-21(14-25(31)34-26(20)22(13-18)30-7-1-2-8-30)28-19-5-9-29(10-6-19)15-17-3-4-23-24(11-17)33-16-32-23/h3-4,11-14,19,28H,1-2,5-10,15-16H2. The van der Waals surface area contributed by atoms with Gasteiger partial charge in [-0.2, -0.15) is 0 Å². The van der Waals surface area contributed by atoms with E-state index in [1.54, 1.807) is 6.07 Å². The van der Waals surface area contributed by atoms with Gasteiger partial charge in [0, 0.05) is 55.2 Å². The molecule has 0 spiro atoms. The molecular formula is C26H28ClN3O4. The first-order valence-electron chi connectivity index (χ1n) is 12.0. The molecule has 0 atom stereocenters. The molecular weight excluding hydrogens is 454 g/mol. The highest BCUT2D eigenvalue weighted by Gasteiger charge is 2.23.